The molecule has 3 heterocycles. The molecule has 1 unspecified atom stereocenters. The Kier molecular flexibility index (Phi) is 8.06. The van der Waals surface area contributed by atoms with E-state index in [4.69, 9.17) is 9.72 Å². The minimum atomic E-state index is -2.90. The van der Waals surface area contributed by atoms with Gasteiger partial charge in [-0.15, -0.1) is 11.3 Å². The Bertz CT molecular complexity index is 1570. The zero-order valence-electron chi connectivity index (χ0n) is 24.5. The van der Waals surface area contributed by atoms with Crippen LogP contribution in [0.1, 0.15) is 41.5 Å². The first-order chi connectivity index (χ1) is 20.1. The van der Waals surface area contributed by atoms with Crippen molar-refractivity contribution in [3.8, 4) is 17.0 Å². The highest BCUT2D eigenvalue weighted by atomic mass is 32.2. The van der Waals surface area contributed by atoms with E-state index in [0.717, 1.165) is 70.3 Å². The normalized spacial score (nSPS) is 24.8. The molecular weight excluding hydrogens is 571 g/mol. The fourth-order valence-corrected chi connectivity index (χ4v) is 9.65. The Balaban J connectivity index is 1.13. The first kappa shape index (κ1) is 29.1. The summed E-state index contributed by atoms with van der Waals surface area (Å²) < 4.78 is 30.2. The highest BCUT2D eigenvalue weighted by molar-refractivity contribution is 7.91. The lowest BCUT2D eigenvalue weighted by Gasteiger charge is -2.35. The van der Waals surface area contributed by atoms with E-state index < -0.39 is 15.8 Å². The molecule has 0 spiro atoms. The lowest BCUT2D eigenvalue weighted by atomic mass is 9.85. The molecule has 1 aliphatic carbocycles. The Labute approximate surface area is 252 Å². The average Bonchev–Trinajstić information content (AvgIpc) is 3.64. The van der Waals surface area contributed by atoms with Gasteiger partial charge in [-0.05, 0) is 80.8 Å². The van der Waals surface area contributed by atoms with Crippen molar-refractivity contribution in [2.24, 2.45) is 17.8 Å². The molecule has 2 aliphatic heterocycles. The Hall–Kier alpha value is -2.95. The molecule has 2 aromatic carbocycles. The molecule has 0 radical (unpaired) electrons. The van der Waals surface area contributed by atoms with Gasteiger partial charge in [0.1, 0.15) is 12.4 Å². The molecule has 1 aromatic heterocycles. The third-order valence-corrected chi connectivity index (χ3v) is 12.0. The van der Waals surface area contributed by atoms with Gasteiger partial charge in [0, 0.05) is 36.6 Å². The van der Waals surface area contributed by atoms with E-state index in [0.29, 0.717) is 19.6 Å². The number of hydrogen-bond donors (Lipinski definition) is 1. The number of carboxylic acids is 1. The van der Waals surface area contributed by atoms with E-state index in [1.54, 1.807) is 11.3 Å². The van der Waals surface area contributed by atoms with Crippen LogP contribution in [-0.2, 0) is 27.8 Å². The zero-order valence-corrected chi connectivity index (χ0v) is 26.1. The molecule has 10 heteroatoms. The van der Waals surface area contributed by atoms with Gasteiger partial charge in [0.2, 0.25) is 0 Å². The summed E-state index contributed by atoms with van der Waals surface area (Å²) in [4.78, 5) is 21.2. The van der Waals surface area contributed by atoms with E-state index in [1.807, 2.05) is 13.1 Å². The maximum absolute atomic E-state index is 11.9. The van der Waals surface area contributed by atoms with Crippen molar-refractivity contribution in [3.05, 3.63) is 64.0 Å². The van der Waals surface area contributed by atoms with Gasteiger partial charge in [0.05, 0.1) is 23.1 Å². The van der Waals surface area contributed by atoms with Crippen molar-refractivity contribution in [2.75, 3.05) is 36.5 Å². The Morgan fingerprint density at radius 2 is 1.88 bits per heavy atom. The number of aryl methyl sites for hydroxylation is 2. The van der Waals surface area contributed by atoms with E-state index >= 15 is 0 Å². The molecule has 2 saturated heterocycles. The molecule has 8 nitrogen and oxygen atoms in total. The van der Waals surface area contributed by atoms with E-state index in [9.17, 15) is 18.3 Å². The number of aliphatic carboxylic acids is 1. The van der Waals surface area contributed by atoms with Crippen LogP contribution >= 0.6 is 11.3 Å². The van der Waals surface area contributed by atoms with Crippen molar-refractivity contribution >= 4 is 32.3 Å². The summed E-state index contributed by atoms with van der Waals surface area (Å²) in [6, 6.07) is 12.6. The number of thiazole rings is 1. The van der Waals surface area contributed by atoms with Crippen molar-refractivity contribution in [2.45, 2.75) is 52.3 Å². The molecule has 3 aromatic rings. The number of carboxylic acid groups (broad SMARTS) is 1. The fraction of sp³-hybridized carbons (Fsp3) is 0.500. The fourth-order valence-electron chi connectivity index (χ4n) is 7.00. The standard InChI is InChI=1S/C32H39N3O5S2/c1-20-4-9-29(40-17-25-6-5-22(13-21(25)2)14-34(3)26-10-11-42(38,39)19-26)27(12-20)28-18-41-32(33-28)35-15-23-7-8-24(16-35)30(23)31(36)37/h4-6,9,12-13,18,23-24,26,30H,7-8,10-11,14-17,19H2,1-3H3,(H,36,37)/t23-,24+,26-,30?/m1/s1. The van der Waals surface area contributed by atoms with Gasteiger partial charge < -0.3 is 14.7 Å². The molecule has 224 valence electrons. The summed E-state index contributed by atoms with van der Waals surface area (Å²) in [6.07, 6.45) is 2.66. The monoisotopic (exact) mass is 609 g/mol. The Morgan fingerprint density at radius 1 is 1.12 bits per heavy atom. The molecule has 2 bridgehead atoms. The van der Waals surface area contributed by atoms with Crippen molar-refractivity contribution in [1.29, 1.82) is 0 Å². The lowest BCUT2D eigenvalue weighted by Crippen LogP contribution is -2.44. The van der Waals surface area contributed by atoms with Crippen LogP contribution in [0.4, 0.5) is 5.13 Å². The largest absolute Gasteiger partial charge is 0.488 e. The second-order valence-electron chi connectivity index (χ2n) is 12.4. The number of benzene rings is 2. The van der Waals surface area contributed by atoms with Crippen LogP contribution in [0.3, 0.4) is 0 Å². The van der Waals surface area contributed by atoms with Gasteiger partial charge in [0.15, 0.2) is 15.0 Å². The number of piperidine rings is 1. The molecule has 1 N–H and O–H groups in total. The van der Waals surface area contributed by atoms with Crippen LogP contribution in [0, 0.1) is 31.6 Å². The van der Waals surface area contributed by atoms with Crippen LogP contribution in [0.2, 0.25) is 0 Å². The molecule has 4 atom stereocenters. The van der Waals surface area contributed by atoms with Gasteiger partial charge >= 0.3 is 5.97 Å². The van der Waals surface area contributed by atoms with Crippen LogP contribution < -0.4 is 9.64 Å². The third kappa shape index (κ3) is 6.07. The second-order valence-corrected chi connectivity index (χ2v) is 15.5. The first-order valence-electron chi connectivity index (χ1n) is 14.7. The van der Waals surface area contributed by atoms with Crippen LogP contribution in [-0.4, -0.2) is 67.1 Å². The zero-order chi connectivity index (χ0) is 29.6. The highest BCUT2D eigenvalue weighted by Crippen LogP contribution is 2.44. The maximum Gasteiger partial charge on any atom is 0.307 e. The summed E-state index contributed by atoms with van der Waals surface area (Å²) in [6.45, 7) is 6.81. The van der Waals surface area contributed by atoms with Crippen molar-refractivity contribution in [1.82, 2.24) is 9.88 Å². The number of fused-ring (bicyclic) bond motifs is 2. The topological polar surface area (TPSA) is 100 Å². The molecule has 1 saturated carbocycles. The number of hydrogen-bond acceptors (Lipinski definition) is 8. The number of rotatable bonds is 9. The number of anilines is 1. The van der Waals surface area contributed by atoms with Gasteiger partial charge in [-0.1, -0.05) is 29.8 Å². The number of ether oxygens (including phenoxy) is 1. The van der Waals surface area contributed by atoms with Crippen molar-refractivity contribution < 1.29 is 23.1 Å². The smallest absolute Gasteiger partial charge is 0.307 e. The van der Waals surface area contributed by atoms with Crippen LogP contribution in [0.5, 0.6) is 5.75 Å². The predicted molar refractivity (Wildman–Crippen MR) is 166 cm³/mol. The third-order valence-electron chi connectivity index (χ3n) is 9.35. The van der Waals surface area contributed by atoms with E-state index in [1.165, 1.54) is 0 Å². The van der Waals surface area contributed by atoms with Gasteiger partial charge in [-0.25, -0.2) is 13.4 Å². The number of aromatic nitrogens is 1. The quantitative estimate of drug-likeness (QED) is 0.355. The Morgan fingerprint density at radius 3 is 2.55 bits per heavy atom. The van der Waals surface area contributed by atoms with Crippen molar-refractivity contribution in [3.63, 3.8) is 0 Å². The maximum atomic E-state index is 11.9. The number of nitrogens with zero attached hydrogens (tertiary/aromatic N) is 3. The molecule has 0 amide bonds. The summed E-state index contributed by atoms with van der Waals surface area (Å²) in [5.74, 6) is 0.836. The van der Waals surface area contributed by atoms with Gasteiger partial charge in [0.25, 0.3) is 0 Å². The summed E-state index contributed by atoms with van der Waals surface area (Å²) in [5.41, 5.74) is 6.38. The summed E-state index contributed by atoms with van der Waals surface area (Å²) in [5, 5.41) is 12.7. The SMILES string of the molecule is Cc1ccc(OCc2ccc(CN(C)[C@@H]3CCS(=O)(=O)C3)cc2C)c(-c2csc(N3C[C@H]4CC[C@@H](C3)C4C(=O)O)n2)c1. The first-order valence-corrected chi connectivity index (χ1v) is 17.4. The second kappa shape index (κ2) is 11.6. The average molecular weight is 610 g/mol. The molecular formula is C32H39N3O5S2. The van der Waals surface area contributed by atoms with E-state index in [-0.39, 0.29) is 35.3 Å². The minimum Gasteiger partial charge on any atom is -0.488 e. The van der Waals surface area contributed by atoms with Crippen LogP contribution in [0.15, 0.2) is 41.8 Å². The predicted octanol–water partition coefficient (Wildman–Crippen LogP) is 5.17. The highest BCUT2D eigenvalue weighted by Gasteiger charge is 2.46. The van der Waals surface area contributed by atoms with Gasteiger partial charge in [-0.3, -0.25) is 9.69 Å². The molecule has 3 aliphatic rings. The van der Waals surface area contributed by atoms with Gasteiger partial charge in [-0.2, -0.15) is 0 Å². The van der Waals surface area contributed by atoms with Crippen LogP contribution in [0.25, 0.3) is 11.3 Å². The molecule has 42 heavy (non-hydrogen) atoms. The summed E-state index contributed by atoms with van der Waals surface area (Å²) >= 11 is 1.61. The molecule has 3 fully saturated rings. The molecule has 6 rings (SSSR count). The number of sulfone groups is 1. The number of carbonyl (C=O) groups is 1. The lowest BCUT2D eigenvalue weighted by molar-refractivity contribution is -0.144. The minimum absolute atomic E-state index is 0.0798. The van der Waals surface area contributed by atoms with E-state index in [2.05, 4.69) is 59.4 Å². The summed E-state index contributed by atoms with van der Waals surface area (Å²) in [7, 11) is -0.900.